The fraction of sp³-hybridized carbons (Fsp3) is 0.500. The maximum absolute atomic E-state index is 12.4. The quantitative estimate of drug-likeness (QED) is 0.828. The van der Waals surface area contributed by atoms with Gasteiger partial charge >= 0.3 is 0 Å². The second-order valence-corrected chi connectivity index (χ2v) is 4.42. The zero-order valence-electron chi connectivity index (χ0n) is 11.3. The summed E-state index contributed by atoms with van der Waals surface area (Å²) >= 11 is 0. The van der Waals surface area contributed by atoms with E-state index < -0.39 is 0 Å². The van der Waals surface area contributed by atoms with Crippen molar-refractivity contribution in [3.63, 3.8) is 0 Å². The average molecular weight is 250 g/mol. The van der Waals surface area contributed by atoms with Crippen molar-refractivity contribution in [1.82, 2.24) is 4.90 Å². The van der Waals surface area contributed by atoms with E-state index in [4.69, 9.17) is 10.5 Å². The van der Waals surface area contributed by atoms with E-state index in [0.717, 1.165) is 11.1 Å². The largest absolute Gasteiger partial charge is 0.383 e. The minimum Gasteiger partial charge on any atom is -0.383 e. The van der Waals surface area contributed by atoms with Crippen molar-refractivity contribution in [2.45, 2.75) is 19.4 Å². The summed E-state index contributed by atoms with van der Waals surface area (Å²) in [4.78, 5) is 14.1. The first kappa shape index (κ1) is 14.7. The predicted octanol–water partition coefficient (Wildman–Crippen LogP) is 1.29. The summed E-state index contributed by atoms with van der Waals surface area (Å²) < 4.78 is 5.07. The van der Waals surface area contributed by atoms with Crippen LogP contribution in [0.3, 0.4) is 0 Å². The number of ether oxygens (including phenoxy) is 1. The maximum Gasteiger partial charge on any atom is 0.254 e. The Kier molecular flexibility index (Phi) is 5.82. The fourth-order valence-corrected chi connectivity index (χ4v) is 1.85. The Bertz CT molecular complexity index is 393. The van der Waals surface area contributed by atoms with Gasteiger partial charge in [0.2, 0.25) is 0 Å². The second-order valence-electron chi connectivity index (χ2n) is 4.42. The third-order valence-corrected chi connectivity index (χ3v) is 3.05. The van der Waals surface area contributed by atoms with Crippen LogP contribution in [0, 0.1) is 0 Å². The highest BCUT2D eigenvalue weighted by molar-refractivity contribution is 5.95. The van der Waals surface area contributed by atoms with E-state index in [-0.39, 0.29) is 11.9 Å². The Morgan fingerprint density at radius 2 is 2.11 bits per heavy atom. The third kappa shape index (κ3) is 3.55. The third-order valence-electron chi connectivity index (χ3n) is 3.05. The van der Waals surface area contributed by atoms with E-state index in [2.05, 4.69) is 0 Å². The molecule has 0 saturated heterocycles. The maximum atomic E-state index is 12.4. The minimum absolute atomic E-state index is 0.0172. The Labute approximate surface area is 109 Å². The van der Waals surface area contributed by atoms with Crippen molar-refractivity contribution < 1.29 is 9.53 Å². The molecule has 1 atom stereocenters. The molecule has 0 radical (unpaired) electrons. The first-order valence-corrected chi connectivity index (χ1v) is 6.15. The van der Waals surface area contributed by atoms with Gasteiger partial charge in [0.05, 0.1) is 12.6 Å². The summed E-state index contributed by atoms with van der Waals surface area (Å²) in [6.45, 7) is 3.04. The van der Waals surface area contributed by atoms with Gasteiger partial charge in [-0.25, -0.2) is 0 Å². The van der Waals surface area contributed by atoms with Crippen molar-refractivity contribution in [2.24, 2.45) is 5.73 Å². The first-order valence-electron chi connectivity index (χ1n) is 6.15. The molecule has 1 aromatic rings. The fourth-order valence-electron chi connectivity index (χ4n) is 1.85. The molecule has 0 fully saturated rings. The van der Waals surface area contributed by atoms with Crippen LogP contribution in [-0.4, -0.2) is 44.2 Å². The topological polar surface area (TPSA) is 55.6 Å². The van der Waals surface area contributed by atoms with Gasteiger partial charge in [0.15, 0.2) is 0 Å². The average Bonchev–Trinajstić information content (AvgIpc) is 2.38. The number of carbonyl (C=O) groups is 1. The molecular formula is C14H22N2O2. The zero-order valence-corrected chi connectivity index (χ0v) is 11.3. The minimum atomic E-state index is 0.0172. The van der Waals surface area contributed by atoms with Gasteiger partial charge in [-0.1, -0.05) is 18.2 Å². The van der Waals surface area contributed by atoms with E-state index >= 15 is 0 Å². The Morgan fingerprint density at radius 3 is 2.72 bits per heavy atom. The van der Waals surface area contributed by atoms with Crippen LogP contribution in [0.2, 0.25) is 0 Å². The molecule has 100 valence electrons. The van der Waals surface area contributed by atoms with Gasteiger partial charge in [0, 0.05) is 19.7 Å². The molecular weight excluding hydrogens is 228 g/mol. The van der Waals surface area contributed by atoms with E-state index in [1.54, 1.807) is 19.1 Å². The number of rotatable bonds is 6. The van der Waals surface area contributed by atoms with E-state index in [9.17, 15) is 4.79 Å². The van der Waals surface area contributed by atoms with Crippen LogP contribution in [0.4, 0.5) is 0 Å². The highest BCUT2D eigenvalue weighted by Gasteiger charge is 2.19. The van der Waals surface area contributed by atoms with Crippen LogP contribution in [0.1, 0.15) is 22.8 Å². The number of hydrogen-bond acceptors (Lipinski definition) is 3. The van der Waals surface area contributed by atoms with Crippen LogP contribution in [0.5, 0.6) is 0 Å². The second kappa shape index (κ2) is 7.13. The summed E-state index contributed by atoms with van der Waals surface area (Å²) in [5, 5.41) is 0. The molecule has 1 amide bonds. The van der Waals surface area contributed by atoms with Crippen molar-refractivity contribution in [3.05, 3.63) is 35.4 Å². The number of methoxy groups -OCH3 is 1. The van der Waals surface area contributed by atoms with Crippen molar-refractivity contribution in [2.75, 3.05) is 27.3 Å². The van der Waals surface area contributed by atoms with Gasteiger partial charge in [0.1, 0.15) is 0 Å². The van der Waals surface area contributed by atoms with Gasteiger partial charge in [-0.05, 0) is 31.5 Å². The Balaban J connectivity index is 2.89. The summed E-state index contributed by atoms with van der Waals surface area (Å²) in [6, 6.07) is 7.66. The first-order chi connectivity index (χ1) is 8.61. The van der Waals surface area contributed by atoms with Gasteiger partial charge in [-0.2, -0.15) is 0 Å². The summed E-state index contributed by atoms with van der Waals surface area (Å²) in [7, 11) is 3.43. The highest BCUT2D eigenvalue weighted by Crippen LogP contribution is 2.13. The van der Waals surface area contributed by atoms with Crippen LogP contribution >= 0.6 is 0 Å². The molecule has 2 N–H and O–H groups in total. The lowest BCUT2D eigenvalue weighted by molar-refractivity contribution is 0.0632. The number of benzene rings is 1. The smallest absolute Gasteiger partial charge is 0.254 e. The number of amides is 1. The molecule has 4 nitrogen and oxygen atoms in total. The van der Waals surface area contributed by atoms with E-state index in [1.807, 2.05) is 31.2 Å². The van der Waals surface area contributed by atoms with Crippen molar-refractivity contribution in [1.29, 1.82) is 0 Å². The van der Waals surface area contributed by atoms with Crippen molar-refractivity contribution in [3.8, 4) is 0 Å². The molecule has 1 rings (SSSR count). The lowest BCUT2D eigenvalue weighted by Gasteiger charge is -2.25. The lowest BCUT2D eigenvalue weighted by atomic mass is 10.0. The van der Waals surface area contributed by atoms with Crippen molar-refractivity contribution >= 4 is 5.91 Å². The van der Waals surface area contributed by atoms with Gasteiger partial charge in [0.25, 0.3) is 5.91 Å². The van der Waals surface area contributed by atoms with Crippen LogP contribution < -0.4 is 5.73 Å². The molecule has 0 aromatic heterocycles. The van der Waals surface area contributed by atoms with Gasteiger partial charge < -0.3 is 15.4 Å². The summed E-state index contributed by atoms with van der Waals surface area (Å²) in [5.74, 6) is 0.0172. The van der Waals surface area contributed by atoms with E-state index in [1.165, 1.54) is 0 Å². The van der Waals surface area contributed by atoms with Crippen LogP contribution in [0.25, 0.3) is 0 Å². The molecule has 0 heterocycles. The monoisotopic (exact) mass is 250 g/mol. The Morgan fingerprint density at radius 1 is 1.44 bits per heavy atom. The molecule has 0 aliphatic heterocycles. The lowest BCUT2D eigenvalue weighted by Crippen LogP contribution is -2.38. The predicted molar refractivity (Wildman–Crippen MR) is 72.6 cm³/mol. The number of nitrogens with two attached hydrogens (primary N) is 1. The normalized spacial score (nSPS) is 12.2. The summed E-state index contributed by atoms with van der Waals surface area (Å²) in [6.07, 6.45) is 0.717. The number of hydrogen-bond donors (Lipinski definition) is 1. The van der Waals surface area contributed by atoms with Crippen LogP contribution in [0.15, 0.2) is 24.3 Å². The number of nitrogens with zero attached hydrogens (tertiary/aromatic N) is 1. The van der Waals surface area contributed by atoms with Crippen LogP contribution in [-0.2, 0) is 11.2 Å². The summed E-state index contributed by atoms with van der Waals surface area (Å²) in [5.41, 5.74) is 7.30. The number of carbonyl (C=O) groups excluding carboxylic acids is 1. The molecule has 18 heavy (non-hydrogen) atoms. The highest BCUT2D eigenvalue weighted by atomic mass is 16.5. The number of likely N-dealkylation sites (N-methyl/N-ethyl adjacent to an activating group) is 1. The molecule has 1 unspecified atom stereocenters. The molecule has 0 bridgehead atoms. The zero-order chi connectivity index (χ0) is 13.5. The molecule has 0 spiro atoms. The molecule has 1 aromatic carbocycles. The van der Waals surface area contributed by atoms with Gasteiger partial charge in [-0.3, -0.25) is 4.79 Å². The Hall–Kier alpha value is -1.39. The molecule has 0 saturated carbocycles. The SMILES string of the molecule is COCC(C)N(C)C(=O)c1ccccc1CCN. The molecule has 0 aliphatic carbocycles. The molecule has 4 heteroatoms. The van der Waals surface area contributed by atoms with E-state index in [0.29, 0.717) is 19.6 Å². The van der Waals surface area contributed by atoms with Gasteiger partial charge in [-0.15, -0.1) is 0 Å². The molecule has 0 aliphatic rings. The standard InChI is InChI=1S/C14H22N2O2/c1-11(10-18-3)16(2)14(17)13-7-5-4-6-12(13)8-9-15/h4-7,11H,8-10,15H2,1-3H3.